The molecule has 0 atom stereocenters. The van der Waals surface area contributed by atoms with Crippen LogP contribution < -0.4 is 0 Å². The Morgan fingerprint density at radius 1 is 1.44 bits per heavy atom. The molecule has 2 nitrogen and oxygen atoms in total. The first kappa shape index (κ1) is 9.91. The van der Waals surface area contributed by atoms with Gasteiger partial charge in [0, 0.05) is 33.1 Å². The molecular formula is C13H12ClNO. The van der Waals surface area contributed by atoms with Gasteiger partial charge in [-0.05, 0) is 38.0 Å². The molecule has 1 heterocycles. The standard InChI is InChI=1S/C13H12ClNO/c1-7-12(13(16)8-2-3-8)10-6-9(14)4-5-11(10)15-7/h4-6,8,15H,2-3H2,1H3. The first-order chi connectivity index (χ1) is 7.66. The highest BCUT2D eigenvalue weighted by molar-refractivity contribution is 6.31. The van der Waals surface area contributed by atoms with Crippen LogP contribution in [0.3, 0.4) is 0 Å². The Hall–Kier alpha value is -1.28. The summed E-state index contributed by atoms with van der Waals surface area (Å²) in [5.74, 6) is 0.516. The molecule has 0 spiro atoms. The summed E-state index contributed by atoms with van der Waals surface area (Å²) in [7, 11) is 0. The number of H-pyrrole nitrogens is 1. The lowest BCUT2D eigenvalue weighted by molar-refractivity contribution is 0.0968. The summed E-state index contributed by atoms with van der Waals surface area (Å²) >= 11 is 5.97. The molecule has 0 amide bonds. The van der Waals surface area contributed by atoms with Crippen LogP contribution in [0.25, 0.3) is 10.9 Å². The third-order valence-corrected chi connectivity index (χ3v) is 3.38. The van der Waals surface area contributed by atoms with Crippen molar-refractivity contribution in [1.82, 2.24) is 4.98 Å². The molecule has 1 saturated carbocycles. The maximum Gasteiger partial charge on any atom is 0.168 e. The summed E-state index contributed by atoms with van der Waals surface area (Å²) in [6, 6.07) is 5.63. The summed E-state index contributed by atoms with van der Waals surface area (Å²) in [6.45, 7) is 1.95. The van der Waals surface area contributed by atoms with Crippen molar-refractivity contribution in [1.29, 1.82) is 0 Å². The number of hydrogen-bond donors (Lipinski definition) is 1. The normalized spacial score (nSPS) is 15.6. The molecule has 16 heavy (non-hydrogen) atoms. The van der Waals surface area contributed by atoms with Crippen LogP contribution in [0.2, 0.25) is 5.02 Å². The van der Waals surface area contributed by atoms with Crippen molar-refractivity contribution >= 4 is 28.3 Å². The molecule has 0 bridgehead atoms. The number of aryl methyl sites for hydroxylation is 1. The van der Waals surface area contributed by atoms with Crippen molar-refractivity contribution in [2.45, 2.75) is 19.8 Å². The zero-order valence-corrected chi connectivity index (χ0v) is 9.77. The van der Waals surface area contributed by atoms with Crippen LogP contribution in [0.5, 0.6) is 0 Å². The van der Waals surface area contributed by atoms with Gasteiger partial charge in [0.15, 0.2) is 5.78 Å². The van der Waals surface area contributed by atoms with Crippen LogP contribution in [0.15, 0.2) is 18.2 Å². The van der Waals surface area contributed by atoms with E-state index >= 15 is 0 Å². The number of carbonyl (C=O) groups excluding carboxylic acids is 1. The summed E-state index contributed by atoms with van der Waals surface area (Å²) in [5.41, 5.74) is 2.78. The Morgan fingerprint density at radius 2 is 2.19 bits per heavy atom. The highest BCUT2D eigenvalue weighted by atomic mass is 35.5. The first-order valence-corrected chi connectivity index (χ1v) is 5.86. The quantitative estimate of drug-likeness (QED) is 0.788. The van der Waals surface area contributed by atoms with E-state index in [0.717, 1.165) is 35.0 Å². The highest BCUT2D eigenvalue weighted by Crippen LogP contribution is 2.36. The summed E-state index contributed by atoms with van der Waals surface area (Å²) < 4.78 is 0. The Labute approximate surface area is 98.6 Å². The second-order valence-corrected chi connectivity index (χ2v) is 4.89. The number of carbonyl (C=O) groups is 1. The maximum atomic E-state index is 12.2. The number of Topliss-reactive ketones (excluding diaryl/α,β-unsaturated/α-hetero) is 1. The predicted molar refractivity (Wildman–Crippen MR) is 65.1 cm³/mol. The molecule has 2 aromatic rings. The average Bonchev–Trinajstić information content (AvgIpc) is 3.01. The van der Waals surface area contributed by atoms with Gasteiger partial charge in [-0.3, -0.25) is 4.79 Å². The minimum Gasteiger partial charge on any atom is -0.358 e. The lowest BCUT2D eigenvalue weighted by atomic mass is 10.0. The van der Waals surface area contributed by atoms with Crippen molar-refractivity contribution in [3.8, 4) is 0 Å². The molecule has 0 radical (unpaired) electrons. The van der Waals surface area contributed by atoms with E-state index < -0.39 is 0 Å². The van der Waals surface area contributed by atoms with E-state index in [4.69, 9.17) is 11.6 Å². The van der Waals surface area contributed by atoms with Crippen LogP contribution >= 0.6 is 11.6 Å². The monoisotopic (exact) mass is 233 g/mol. The second kappa shape index (κ2) is 3.36. The molecule has 1 aromatic heterocycles. The van der Waals surface area contributed by atoms with Gasteiger partial charge in [-0.15, -0.1) is 0 Å². The van der Waals surface area contributed by atoms with Gasteiger partial charge in [0.1, 0.15) is 0 Å². The third kappa shape index (κ3) is 1.45. The van der Waals surface area contributed by atoms with Crippen molar-refractivity contribution in [2.75, 3.05) is 0 Å². The van der Waals surface area contributed by atoms with Crippen LogP contribution in [0.4, 0.5) is 0 Å². The van der Waals surface area contributed by atoms with Crippen molar-refractivity contribution < 1.29 is 4.79 Å². The van der Waals surface area contributed by atoms with Crippen LogP contribution in [-0.4, -0.2) is 10.8 Å². The number of aromatic amines is 1. The molecule has 0 aliphatic heterocycles. The molecule has 1 aromatic carbocycles. The van der Waals surface area contributed by atoms with E-state index in [-0.39, 0.29) is 11.7 Å². The zero-order chi connectivity index (χ0) is 11.3. The molecule has 1 aliphatic carbocycles. The Morgan fingerprint density at radius 3 is 2.88 bits per heavy atom. The van der Waals surface area contributed by atoms with Gasteiger partial charge in [0.25, 0.3) is 0 Å². The number of benzene rings is 1. The molecule has 3 rings (SSSR count). The highest BCUT2D eigenvalue weighted by Gasteiger charge is 2.32. The van der Waals surface area contributed by atoms with Crippen molar-refractivity contribution in [3.05, 3.63) is 34.5 Å². The molecule has 1 aliphatic rings. The van der Waals surface area contributed by atoms with Crippen molar-refractivity contribution in [2.24, 2.45) is 5.92 Å². The molecule has 0 saturated heterocycles. The van der Waals surface area contributed by atoms with Crippen LogP contribution in [-0.2, 0) is 0 Å². The lowest BCUT2D eigenvalue weighted by Gasteiger charge is -1.98. The number of hydrogen-bond acceptors (Lipinski definition) is 1. The maximum absolute atomic E-state index is 12.2. The van der Waals surface area contributed by atoms with Gasteiger partial charge < -0.3 is 4.98 Å². The fraction of sp³-hybridized carbons (Fsp3) is 0.308. The minimum absolute atomic E-state index is 0.247. The van der Waals surface area contributed by atoms with Gasteiger partial charge in [0.2, 0.25) is 0 Å². The van der Waals surface area contributed by atoms with E-state index in [2.05, 4.69) is 4.98 Å². The minimum atomic E-state index is 0.247. The first-order valence-electron chi connectivity index (χ1n) is 5.49. The number of aromatic nitrogens is 1. The van der Waals surface area contributed by atoms with E-state index in [1.54, 1.807) is 0 Å². The number of nitrogens with one attached hydrogen (secondary N) is 1. The van der Waals surface area contributed by atoms with Crippen molar-refractivity contribution in [3.63, 3.8) is 0 Å². The summed E-state index contributed by atoms with van der Waals surface area (Å²) in [4.78, 5) is 15.4. The Kier molecular flexibility index (Phi) is 2.08. The van der Waals surface area contributed by atoms with Gasteiger partial charge in [0.05, 0.1) is 0 Å². The fourth-order valence-corrected chi connectivity index (χ4v) is 2.34. The molecule has 82 valence electrons. The smallest absolute Gasteiger partial charge is 0.168 e. The van der Waals surface area contributed by atoms with E-state index in [0.29, 0.717) is 5.02 Å². The fourth-order valence-electron chi connectivity index (χ4n) is 2.17. The topological polar surface area (TPSA) is 32.9 Å². The van der Waals surface area contributed by atoms with Crippen LogP contribution in [0, 0.1) is 12.8 Å². The average molecular weight is 234 g/mol. The zero-order valence-electron chi connectivity index (χ0n) is 9.01. The summed E-state index contributed by atoms with van der Waals surface area (Å²) in [5, 5.41) is 1.64. The lowest BCUT2D eigenvalue weighted by Crippen LogP contribution is -2.02. The van der Waals surface area contributed by atoms with Gasteiger partial charge in [-0.2, -0.15) is 0 Å². The molecular weight excluding hydrogens is 222 g/mol. The summed E-state index contributed by atoms with van der Waals surface area (Å²) in [6.07, 6.45) is 2.07. The Balaban J connectivity index is 2.24. The molecule has 1 N–H and O–H groups in total. The van der Waals surface area contributed by atoms with E-state index in [1.807, 2.05) is 25.1 Å². The van der Waals surface area contributed by atoms with Gasteiger partial charge in [-0.1, -0.05) is 11.6 Å². The van der Waals surface area contributed by atoms with Gasteiger partial charge in [-0.25, -0.2) is 0 Å². The number of fused-ring (bicyclic) bond motifs is 1. The van der Waals surface area contributed by atoms with Gasteiger partial charge >= 0.3 is 0 Å². The van der Waals surface area contributed by atoms with Crippen LogP contribution in [0.1, 0.15) is 28.9 Å². The number of halogens is 1. The number of rotatable bonds is 2. The largest absolute Gasteiger partial charge is 0.358 e. The Bertz CT molecular complexity index is 581. The third-order valence-electron chi connectivity index (χ3n) is 3.14. The van der Waals surface area contributed by atoms with E-state index in [1.165, 1.54) is 0 Å². The van der Waals surface area contributed by atoms with E-state index in [9.17, 15) is 4.79 Å². The number of ketones is 1. The molecule has 0 unspecified atom stereocenters. The molecule has 3 heteroatoms. The predicted octanol–water partition coefficient (Wildman–Crippen LogP) is 3.72. The second-order valence-electron chi connectivity index (χ2n) is 4.45. The molecule has 1 fully saturated rings. The SMILES string of the molecule is Cc1[nH]c2ccc(Cl)cc2c1C(=O)C1CC1.